The average Bonchev–Trinajstić information content (AvgIpc) is 2.75. The molecule has 2 nitrogen and oxygen atoms in total. The van der Waals surface area contributed by atoms with Gasteiger partial charge in [0.1, 0.15) is 5.78 Å². The van der Waals surface area contributed by atoms with Gasteiger partial charge >= 0.3 is 0 Å². The van der Waals surface area contributed by atoms with Gasteiger partial charge in [-0.05, 0) is 56.2 Å². The summed E-state index contributed by atoms with van der Waals surface area (Å²) in [5.74, 6) is 1.19. The SMILES string of the molecule is Cc1ccsc1CCN(C)CC1CCC(=O)CC1. The maximum atomic E-state index is 11.2. The summed E-state index contributed by atoms with van der Waals surface area (Å²) in [6.45, 7) is 4.47. The summed E-state index contributed by atoms with van der Waals surface area (Å²) in [6, 6.07) is 2.20. The monoisotopic (exact) mass is 265 g/mol. The molecule has 0 amide bonds. The predicted octanol–water partition coefficient (Wildman–Crippen LogP) is 3.29. The van der Waals surface area contributed by atoms with Crippen LogP contribution in [-0.2, 0) is 11.2 Å². The smallest absolute Gasteiger partial charge is 0.132 e. The van der Waals surface area contributed by atoms with E-state index >= 15 is 0 Å². The van der Waals surface area contributed by atoms with Crippen molar-refractivity contribution in [1.82, 2.24) is 4.90 Å². The lowest BCUT2D eigenvalue weighted by molar-refractivity contribution is -0.121. The first-order valence-corrected chi connectivity index (χ1v) is 7.76. The van der Waals surface area contributed by atoms with Crippen LogP contribution in [0.1, 0.15) is 36.1 Å². The number of likely N-dealkylation sites (N-methyl/N-ethyl adjacent to an activating group) is 1. The molecule has 3 heteroatoms. The Labute approximate surface area is 114 Å². The van der Waals surface area contributed by atoms with Crippen LogP contribution >= 0.6 is 11.3 Å². The van der Waals surface area contributed by atoms with Crippen molar-refractivity contribution in [2.24, 2.45) is 5.92 Å². The van der Waals surface area contributed by atoms with E-state index in [9.17, 15) is 4.79 Å². The van der Waals surface area contributed by atoms with Gasteiger partial charge in [0.15, 0.2) is 0 Å². The summed E-state index contributed by atoms with van der Waals surface area (Å²) in [4.78, 5) is 15.1. The zero-order valence-corrected chi connectivity index (χ0v) is 12.3. The highest BCUT2D eigenvalue weighted by atomic mass is 32.1. The standard InChI is InChI=1S/C15H23NOS/c1-12-8-10-18-15(12)7-9-16(2)11-13-3-5-14(17)6-4-13/h8,10,13H,3-7,9,11H2,1-2H3. The zero-order valence-electron chi connectivity index (χ0n) is 11.4. The summed E-state index contributed by atoms with van der Waals surface area (Å²) in [5.41, 5.74) is 1.43. The molecule has 1 aliphatic rings. The molecule has 2 rings (SSSR count). The predicted molar refractivity (Wildman–Crippen MR) is 77.2 cm³/mol. The fourth-order valence-electron chi connectivity index (χ4n) is 2.67. The number of ketones is 1. The fourth-order valence-corrected chi connectivity index (χ4v) is 3.57. The van der Waals surface area contributed by atoms with Crippen LogP contribution in [0.25, 0.3) is 0 Å². The third-order valence-corrected chi connectivity index (χ3v) is 5.00. The van der Waals surface area contributed by atoms with Crippen molar-refractivity contribution in [3.8, 4) is 0 Å². The molecule has 0 aromatic carbocycles. The van der Waals surface area contributed by atoms with Crippen LogP contribution in [0.4, 0.5) is 0 Å². The molecule has 0 bridgehead atoms. The third kappa shape index (κ3) is 3.92. The Morgan fingerprint density at radius 3 is 2.72 bits per heavy atom. The van der Waals surface area contributed by atoms with Gasteiger partial charge in [0.2, 0.25) is 0 Å². The molecule has 0 unspecified atom stereocenters. The van der Waals surface area contributed by atoms with Crippen LogP contribution in [0.3, 0.4) is 0 Å². The lowest BCUT2D eigenvalue weighted by Gasteiger charge is -2.26. The minimum Gasteiger partial charge on any atom is -0.306 e. The molecule has 1 heterocycles. The van der Waals surface area contributed by atoms with E-state index in [4.69, 9.17) is 0 Å². The van der Waals surface area contributed by atoms with E-state index in [0.717, 1.165) is 51.1 Å². The van der Waals surface area contributed by atoms with Crippen molar-refractivity contribution < 1.29 is 4.79 Å². The second-order valence-electron chi connectivity index (χ2n) is 5.52. The molecular weight excluding hydrogens is 242 g/mol. The summed E-state index contributed by atoms with van der Waals surface area (Å²) in [5, 5.41) is 2.18. The van der Waals surface area contributed by atoms with Gasteiger partial charge in [-0.15, -0.1) is 11.3 Å². The minimum atomic E-state index is 0.461. The van der Waals surface area contributed by atoms with Gasteiger partial charge in [0.05, 0.1) is 0 Å². The second-order valence-corrected chi connectivity index (χ2v) is 6.52. The molecule has 0 atom stereocenters. The first-order valence-electron chi connectivity index (χ1n) is 6.88. The first kappa shape index (κ1) is 13.8. The van der Waals surface area contributed by atoms with Crippen molar-refractivity contribution in [1.29, 1.82) is 0 Å². The minimum absolute atomic E-state index is 0.461. The largest absolute Gasteiger partial charge is 0.306 e. The number of carbonyl (C=O) groups excluding carboxylic acids is 1. The lowest BCUT2D eigenvalue weighted by Crippen LogP contribution is -2.30. The number of carbonyl (C=O) groups is 1. The Bertz CT molecular complexity index is 389. The van der Waals surface area contributed by atoms with Crippen molar-refractivity contribution >= 4 is 17.1 Å². The highest BCUT2D eigenvalue weighted by Gasteiger charge is 2.19. The van der Waals surface area contributed by atoms with Crippen LogP contribution in [0.5, 0.6) is 0 Å². The van der Waals surface area contributed by atoms with Crippen LogP contribution in [0.2, 0.25) is 0 Å². The summed E-state index contributed by atoms with van der Waals surface area (Å²) in [6.07, 6.45) is 4.97. The number of thiophene rings is 1. The molecule has 18 heavy (non-hydrogen) atoms. The molecule has 0 saturated heterocycles. The number of Topliss-reactive ketones (excluding diaryl/α,β-unsaturated/α-hetero) is 1. The summed E-state index contributed by atoms with van der Waals surface area (Å²) >= 11 is 1.87. The average molecular weight is 265 g/mol. The molecule has 100 valence electrons. The van der Waals surface area contributed by atoms with Crippen molar-refractivity contribution in [3.63, 3.8) is 0 Å². The molecule has 1 aliphatic carbocycles. The van der Waals surface area contributed by atoms with Crippen LogP contribution in [-0.4, -0.2) is 30.8 Å². The van der Waals surface area contributed by atoms with E-state index in [-0.39, 0.29) is 0 Å². The fraction of sp³-hybridized carbons (Fsp3) is 0.667. The Hall–Kier alpha value is -0.670. The van der Waals surface area contributed by atoms with Gasteiger partial charge in [0, 0.05) is 30.8 Å². The molecule has 0 N–H and O–H groups in total. The molecule has 1 aromatic heterocycles. The highest BCUT2D eigenvalue weighted by Crippen LogP contribution is 2.22. The zero-order chi connectivity index (χ0) is 13.0. The van der Waals surface area contributed by atoms with Crippen LogP contribution in [0, 0.1) is 12.8 Å². The number of nitrogens with zero attached hydrogens (tertiary/aromatic N) is 1. The van der Waals surface area contributed by atoms with Gasteiger partial charge in [-0.2, -0.15) is 0 Å². The normalized spacial score (nSPS) is 17.6. The number of hydrogen-bond acceptors (Lipinski definition) is 3. The third-order valence-electron chi connectivity index (χ3n) is 3.92. The molecular formula is C15H23NOS. The van der Waals surface area contributed by atoms with E-state index in [1.807, 2.05) is 11.3 Å². The first-order chi connectivity index (χ1) is 8.65. The number of aryl methyl sites for hydroxylation is 1. The van der Waals surface area contributed by atoms with Crippen LogP contribution in [0.15, 0.2) is 11.4 Å². The van der Waals surface area contributed by atoms with Crippen molar-refractivity contribution in [2.75, 3.05) is 20.1 Å². The number of hydrogen-bond donors (Lipinski definition) is 0. The quantitative estimate of drug-likeness (QED) is 0.814. The van der Waals surface area contributed by atoms with Gasteiger partial charge in [-0.25, -0.2) is 0 Å². The van der Waals surface area contributed by atoms with E-state index in [2.05, 4.69) is 30.3 Å². The maximum absolute atomic E-state index is 11.2. The summed E-state index contributed by atoms with van der Waals surface area (Å²) in [7, 11) is 2.21. The lowest BCUT2D eigenvalue weighted by atomic mass is 9.88. The van der Waals surface area contributed by atoms with Gasteiger partial charge < -0.3 is 4.90 Å². The molecule has 1 saturated carbocycles. The topological polar surface area (TPSA) is 20.3 Å². The summed E-state index contributed by atoms with van der Waals surface area (Å²) < 4.78 is 0. The Morgan fingerprint density at radius 1 is 1.39 bits per heavy atom. The van der Waals surface area contributed by atoms with E-state index in [1.165, 1.54) is 10.4 Å². The maximum Gasteiger partial charge on any atom is 0.132 e. The van der Waals surface area contributed by atoms with Gasteiger partial charge in [-0.3, -0.25) is 4.79 Å². The number of rotatable bonds is 5. The molecule has 0 spiro atoms. The van der Waals surface area contributed by atoms with E-state index in [0.29, 0.717) is 5.78 Å². The Kier molecular flexibility index (Phi) is 4.95. The molecule has 1 fully saturated rings. The molecule has 0 radical (unpaired) electrons. The Morgan fingerprint density at radius 2 is 2.11 bits per heavy atom. The van der Waals surface area contributed by atoms with E-state index < -0.39 is 0 Å². The Balaban J connectivity index is 1.70. The second kappa shape index (κ2) is 6.48. The van der Waals surface area contributed by atoms with Crippen molar-refractivity contribution in [2.45, 2.75) is 39.0 Å². The molecule has 1 aromatic rings. The molecule has 0 aliphatic heterocycles. The van der Waals surface area contributed by atoms with Gasteiger partial charge in [0.25, 0.3) is 0 Å². The van der Waals surface area contributed by atoms with Gasteiger partial charge in [-0.1, -0.05) is 0 Å². The van der Waals surface area contributed by atoms with Crippen LogP contribution < -0.4 is 0 Å². The van der Waals surface area contributed by atoms with Crippen molar-refractivity contribution in [3.05, 3.63) is 21.9 Å². The van der Waals surface area contributed by atoms with E-state index in [1.54, 1.807) is 0 Å². The highest BCUT2D eigenvalue weighted by molar-refractivity contribution is 7.10.